The normalized spacial score (nSPS) is 23.5. The lowest BCUT2D eigenvalue weighted by atomic mass is 9.83. The van der Waals surface area contributed by atoms with Gasteiger partial charge in [0.25, 0.3) is 0 Å². The molecule has 26 heavy (non-hydrogen) atoms. The maximum atomic E-state index is 11.9. The lowest BCUT2D eigenvalue weighted by Crippen LogP contribution is -2.55. The molecule has 6 nitrogen and oxygen atoms in total. The van der Waals surface area contributed by atoms with E-state index in [-0.39, 0.29) is 29.9 Å². The van der Waals surface area contributed by atoms with Crippen molar-refractivity contribution in [2.75, 3.05) is 46.3 Å². The summed E-state index contributed by atoms with van der Waals surface area (Å²) in [5, 5.41) is 6.72. The number of nitrogens with zero attached hydrogens (tertiary/aromatic N) is 3. The average Bonchev–Trinajstić information content (AvgIpc) is 3.31. The molecule has 0 spiro atoms. The minimum atomic E-state index is 0. The van der Waals surface area contributed by atoms with Gasteiger partial charge in [0.15, 0.2) is 5.96 Å². The van der Waals surface area contributed by atoms with Crippen LogP contribution in [0.2, 0.25) is 0 Å². The number of aliphatic imine (C=N–C) groups is 1. The minimum Gasteiger partial charge on any atom is -0.356 e. The van der Waals surface area contributed by atoms with Crippen LogP contribution in [0.25, 0.3) is 0 Å². The van der Waals surface area contributed by atoms with Gasteiger partial charge in [-0.1, -0.05) is 19.8 Å². The van der Waals surface area contributed by atoms with Crippen LogP contribution in [0.5, 0.6) is 0 Å². The molecule has 150 valence electrons. The van der Waals surface area contributed by atoms with Gasteiger partial charge in [-0.2, -0.15) is 0 Å². The van der Waals surface area contributed by atoms with Gasteiger partial charge in [-0.05, 0) is 37.5 Å². The number of carbonyl (C=O) groups is 1. The van der Waals surface area contributed by atoms with Crippen molar-refractivity contribution >= 4 is 35.8 Å². The fourth-order valence-corrected chi connectivity index (χ4v) is 4.20. The van der Waals surface area contributed by atoms with Crippen LogP contribution < -0.4 is 10.6 Å². The highest BCUT2D eigenvalue weighted by atomic mass is 127. The molecule has 0 radical (unpaired) electrons. The Hall–Kier alpha value is -0.570. The van der Waals surface area contributed by atoms with E-state index in [1.807, 2.05) is 7.05 Å². The molecule has 1 saturated heterocycles. The average molecular weight is 477 g/mol. The smallest absolute Gasteiger partial charge is 0.234 e. The molecular formula is C19H36IN5O. The summed E-state index contributed by atoms with van der Waals surface area (Å²) in [6, 6.07) is 0.457. The Balaban J connectivity index is 0.00000243. The van der Waals surface area contributed by atoms with E-state index in [1.165, 1.54) is 32.1 Å². The molecule has 7 heteroatoms. The van der Waals surface area contributed by atoms with Gasteiger partial charge in [0.1, 0.15) is 0 Å². The molecule has 1 heterocycles. The van der Waals surface area contributed by atoms with Crippen LogP contribution in [0.15, 0.2) is 4.99 Å². The van der Waals surface area contributed by atoms with Crippen molar-refractivity contribution in [3.8, 4) is 0 Å². The highest BCUT2D eigenvalue weighted by Crippen LogP contribution is 2.40. The summed E-state index contributed by atoms with van der Waals surface area (Å²) in [6.07, 6.45) is 8.99. The summed E-state index contributed by atoms with van der Waals surface area (Å²) in [4.78, 5) is 21.1. The zero-order chi connectivity index (χ0) is 17.7. The largest absolute Gasteiger partial charge is 0.356 e. The maximum Gasteiger partial charge on any atom is 0.234 e. The van der Waals surface area contributed by atoms with Crippen LogP contribution in [-0.2, 0) is 4.79 Å². The van der Waals surface area contributed by atoms with Gasteiger partial charge in [-0.3, -0.25) is 14.7 Å². The quantitative estimate of drug-likeness (QED) is 0.349. The van der Waals surface area contributed by atoms with E-state index >= 15 is 0 Å². The van der Waals surface area contributed by atoms with Crippen molar-refractivity contribution in [3.05, 3.63) is 0 Å². The van der Waals surface area contributed by atoms with Crippen LogP contribution >= 0.6 is 24.0 Å². The highest BCUT2D eigenvalue weighted by Gasteiger charge is 2.32. The summed E-state index contributed by atoms with van der Waals surface area (Å²) < 4.78 is 0. The third-order valence-electron chi connectivity index (χ3n) is 6.23. The topological polar surface area (TPSA) is 60.0 Å². The molecule has 0 aromatic heterocycles. The van der Waals surface area contributed by atoms with Crippen molar-refractivity contribution in [1.82, 2.24) is 20.4 Å². The van der Waals surface area contributed by atoms with Crippen LogP contribution in [0.4, 0.5) is 0 Å². The zero-order valence-electron chi connectivity index (χ0n) is 16.4. The molecule has 1 amide bonds. The Kier molecular flexibility index (Phi) is 8.44. The summed E-state index contributed by atoms with van der Waals surface area (Å²) in [5.74, 6) is 1.21. The van der Waals surface area contributed by atoms with E-state index in [9.17, 15) is 4.79 Å². The molecule has 3 aliphatic rings. The number of hydrogen-bond acceptors (Lipinski definition) is 3. The van der Waals surface area contributed by atoms with E-state index in [4.69, 9.17) is 0 Å². The molecule has 2 saturated carbocycles. The number of amides is 1. The second kappa shape index (κ2) is 10.1. The molecule has 0 aromatic carbocycles. The first-order valence-corrected chi connectivity index (χ1v) is 10.1. The molecule has 0 atom stereocenters. The number of rotatable bonds is 6. The van der Waals surface area contributed by atoms with Crippen LogP contribution in [0, 0.1) is 5.41 Å². The van der Waals surface area contributed by atoms with Crippen molar-refractivity contribution in [2.24, 2.45) is 10.4 Å². The van der Waals surface area contributed by atoms with Crippen molar-refractivity contribution in [2.45, 2.75) is 57.9 Å². The molecule has 1 aliphatic heterocycles. The summed E-state index contributed by atoms with van der Waals surface area (Å²) in [6.45, 7) is 7.64. The SMILES string of the molecule is CCC1(CNC(=NC)N2CCN(CC(=O)NC3CC3)CC2)CCCC1.I. The number of nitrogens with one attached hydrogen (secondary N) is 2. The predicted octanol–water partition coefficient (Wildman–Crippen LogP) is 2.05. The van der Waals surface area contributed by atoms with Gasteiger partial charge in [-0.15, -0.1) is 24.0 Å². The van der Waals surface area contributed by atoms with Gasteiger partial charge < -0.3 is 15.5 Å². The first kappa shape index (κ1) is 21.7. The second-order valence-corrected chi connectivity index (χ2v) is 8.07. The first-order chi connectivity index (χ1) is 12.1. The molecule has 2 N–H and O–H groups in total. The minimum absolute atomic E-state index is 0. The Morgan fingerprint density at radius 2 is 1.81 bits per heavy atom. The van der Waals surface area contributed by atoms with Crippen LogP contribution in [0.1, 0.15) is 51.9 Å². The molecule has 3 rings (SSSR count). The Morgan fingerprint density at radius 3 is 2.35 bits per heavy atom. The van der Waals surface area contributed by atoms with Gasteiger partial charge in [-0.25, -0.2) is 0 Å². The first-order valence-electron chi connectivity index (χ1n) is 10.1. The van der Waals surface area contributed by atoms with Gasteiger partial charge >= 0.3 is 0 Å². The van der Waals surface area contributed by atoms with E-state index in [0.717, 1.165) is 51.5 Å². The van der Waals surface area contributed by atoms with Crippen LogP contribution in [0.3, 0.4) is 0 Å². The molecule has 0 aromatic rings. The van der Waals surface area contributed by atoms with E-state index in [0.29, 0.717) is 18.0 Å². The molecule has 0 bridgehead atoms. The maximum absolute atomic E-state index is 11.9. The van der Waals surface area contributed by atoms with Gasteiger partial charge in [0.05, 0.1) is 6.54 Å². The number of guanidine groups is 1. The zero-order valence-corrected chi connectivity index (χ0v) is 18.8. The fraction of sp³-hybridized carbons (Fsp3) is 0.895. The molecular weight excluding hydrogens is 441 g/mol. The summed E-state index contributed by atoms with van der Waals surface area (Å²) in [7, 11) is 1.88. The van der Waals surface area contributed by atoms with Gasteiger partial charge in [0.2, 0.25) is 5.91 Å². The Morgan fingerprint density at radius 1 is 1.15 bits per heavy atom. The van der Waals surface area contributed by atoms with Crippen LogP contribution in [-0.4, -0.2) is 74.0 Å². The Labute approximate surface area is 175 Å². The van der Waals surface area contributed by atoms with E-state index < -0.39 is 0 Å². The standard InChI is InChI=1S/C19H35N5O.HI/c1-3-19(8-4-5-9-19)15-21-18(20-2)24-12-10-23(11-13-24)14-17(25)22-16-6-7-16;/h16H,3-15H2,1-2H3,(H,20,21)(H,22,25);1H. The fourth-order valence-electron chi connectivity index (χ4n) is 4.20. The monoisotopic (exact) mass is 477 g/mol. The van der Waals surface area contributed by atoms with Gasteiger partial charge in [0, 0.05) is 45.8 Å². The van der Waals surface area contributed by atoms with Crippen molar-refractivity contribution in [1.29, 1.82) is 0 Å². The Bertz CT molecular complexity index is 480. The number of halogens is 1. The van der Waals surface area contributed by atoms with E-state index in [1.54, 1.807) is 0 Å². The highest BCUT2D eigenvalue weighted by molar-refractivity contribution is 14.0. The van der Waals surface area contributed by atoms with Crippen molar-refractivity contribution < 1.29 is 4.79 Å². The summed E-state index contributed by atoms with van der Waals surface area (Å²) >= 11 is 0. The second-order valence-electron chi connectivity index (χ2n) is 8.07. The third-order valence-corrected chi connectivity index (χ3v) is 6.23. The number of hydrogen-bond donors (Lipinski definition) is 2. The number of carbonyl (C=O) groups excluding carboxylic acids is 1. The third kappa shape index (κ3) is 5.97. The van der Waals surface area contributed by atoms with E-state index in [2.05, 4.69) is 32.3 Å². The lowest BCUT2D eigenvalue weighted by Gasteiger charge is -2.37. The summed E-state index contributed by atoms with van der Waals surface area (Å²) in [5.41, 5.74) is 0.471. The lowest BCUT2D eigenvalue weighted by molar-refractivity contribution is -0.122. The van der Waals surface area contributed by atoms with Crippen molar-refractivity contribution in [3.63, 3.8) is 0 Å². The predicted molar refractivity (Wildman–Crippen MR) is 117 cm³/mol. The molecule has 2 aliphatic carbocycles. The molecule has 0 unspecified atom stereocenters. The number of piperazine rings is 1. The molecule has 3 fully saturated rings.